The minimum atomic E-state index is 0. The maximum Gasteiger partial charge on any atom is 0.223 e. The fraction of sp³-hybridized carbons (Fsp3) is 0.938. The molecule has 1 saturated carbocycles. The van der Waals surface area contributed by atoms with Gasteiger partial charge >= 0.3 is 0 Å². The third-order valence-corrected chi connectivity index (χ3v) is 4.87. The van der Waals surface area contributed by atoms with Crippen LogP contribution in [-0.4, -0.2) is 25.0 Å². The lowest BCUT2D eigenvalue weighted by Crippen LogP contribution is -2.43. The monoisotopic (exact) mass is 302 g/mol. The van der Waals surface area contributed by atoms with Crippen LogP contribution >= 0.6 is 12.4 Å². The molecule has 0 spiro atoms. The molecule has 1 aliphatic carbocycles. The molecule has 0 aromatic heterocycles. The van der Waals surface area contributed by atoms with Gasteiger partial charge in [-0.3, -0.25) is 4.79 Å². The molecule has 0 bridgehead atoms. The Morgan fingerprint density at radius 2 is 1.75 bits per heavy atom. The number of rotatable bonds is 5. The highest BCUT2D eigenvalue weighted by atomic mass is 35.5. The Morgan fingerprint density at radius 3 is 2.35 bits per heavy atom. The summed E-state index contributed by atoms with van der Waals surface area (Å²) in [7, 11) is 0. The van der Waals surface area contributed by atoms with E-state index in [0.717, 1.165) is 31.8 Å². The molecule has 118 valence electrons. The molecule has 3 nitrogen and oxygen atoms in total. The zero-order valence-corrected chi connectivity index (χ0v) is 13.6. The minimum absolute atomic E-state index is 0. The van der Waals surface area contributed by atoms with E-state index in [1.165, 1.54) is 44.9 Å². The van der Waals surface area contributed by atoms with Crippen LogP contribution < -0.4 is 10.6 Å². The number of hydrogen-bond donors (Lipinski definition) is 2. The van der Waals surface area contributed by atoms with Crippen LogP contribution in [0.4, 0.5) is 0 Å². The average Bonchev–Trinajstić information content (AvgIpc) is 2.47. The molecule has 2 aliphatic rings. The third kappa shape index (κ3) is 5.61. The highest BCUT2D eigenvalue weighted by Crippen LogP contribution is 2.28. The van der Waals surface area contributed by atoms with E-state index in [0.29, 0.717) is 11.9 Å². The fourth-order valence-electron chi connectivity index (χ4n) is 3.49. The van der Waals surface area contributed by atoms with Gasteiger partial charge in [-0.2, -0.15) is 0 Å². The number of carbonyl (C=O) groups excluding carboxylic acids is 1. The van der Waals surface area contributed by atoms with Gasteiger partial charge in [0.1, 0.15) is 0 Å². The van der Waals surface area contributed by atoms with Crippen molar-refractivity contribution in [2.75, 3.05) is 13.1 Å². The molecule has 0 aromatic carbocycles. The van der Waals surface area contributed by atoms with Gasteiger partial charge in [-0.25, -0.2) is 0 Å². The standard InChI is InChI=1S/C16H30N2O.ClH/c1-2-3-4-13-5-7-15(8-6-13)18-16(19)14-9-11-17-12-10-14;/h13-15,17H,2-12H2,1H3,(H,18,19);1H. The van der Waals surface area contributed by atoms with E-state index in [-0.39, 0.29) is 18.3 Å². The van der Waals surface area contributed by atoms with Crippen LogP contribution in [0.1, 0.15) is 64.7 Å². The second-order valence-corrected chi connectivity index (χ2v) is 6.39. The van der Waals surface area contributed by atoms with E-state index in [2.05, 4.69) is 17.6 Å². The highest BCUT2D eigenvalue weighted by Gasteiger charge is 2.26. The zero-order chi connectivity index (χ0) is 13.5. The molecule has 20 heavy (non-hydrogen) atoms. The van der Waals surface area contributed by atoms with Crippen molar-refractivity contribution >= 4 is 18.3 Å². The van der Waals surface area contributed by atoms with E-state index in [1.807, 2.05) is 0 Å². The SMILES string of the molecule is CCCCC1CCC(NC(=O)C2CCNCC2)CC1.Cl. The van der Waals surface area contributed by atoms with Crippen molar-refractivity contribution in [2.45, 2.75) is 70.8 Å². The lowest BCUT2D eigenvalue weighted by atomic mass is 9.83. The van der Waals surface area contributed by atoms with Crippen molar-refractivity contribution in [3.8, 4) is 0 Å². The van der Waals surface area contributed by atoms with Gasteiger partial charge in [0.15, 0.2) is 0 Å². The Kier molecular flexibility index (Phi) is 8.55. The lowest BCUT2D eigenvalue weighted by molar-refractivity contribution is -0.126. The highest BCUT2D eigenvalue weighted by molar-refractivity contribution is 5.85. The van der Waals surface area contributed by atoms with Crippen LogP contribution in [0.25, 0.3) is 0 Å². The summed E-state index contributed by atoms with van der Waals surface area (Å²) >= 11 is 0. The van der Waals surface area contributed by atoms with Crippen LogP contribution in [0.5, 0.6) is 0 Å². The van der Waals surface area contributed by atoms with Crippen molar-refractivity contribution in [3.63, 3.8) is 0 Å². The summed E-state index contributed by atoms with van der Waals surface area (Å²) in [6.07, 6.45) is 11.1. The van der Waals surface area contributed by atoms with Gasteiger partial charge in [-0.1, -0.05) is 26.2 Å². The molecule has 1 aliphatic heterocycles. The molecule has 2 fully saturated rings. The normalized spacial score (nSPS) is 27.6. The second-order valence-electron chi connectivity index (χ2n) is 6.39. The number of carbonyl (C=O) groups is 1. The average molecular weight is 303 g/mol. The van der Waals surface area contributed by atoms with Crippen LogP contribution in [0, 0.1) is 11.8 Å². The van der Waals surface area contributed by atoms with E-state index >= 15 is 0 Å². The molecule has 0 unspecified atom stereocenters. The van der Waals surface area contributed by atoms with Gasteiger partial charge in [-0.05, 0) is 57.5 Å². The van der Waals surface area contributed by atoms with Gasteiger partial charge in [-0.15, -0.1) is 12.4 Å². The molecule has 2 N–H and O–H groups in total. The predicted octanol–water partition coefficient (Wildman–Crippen LogP) is 3.27. The van der Waals surface area contributed by atoms with Gasteiger partial charge in [0.05, 0.1) is 0 Å². The van der Waals surface area contributed by atoms with Crippen molar-refractivity contribution in [3.05, 3.63) is 0 Å². The van der Waals surface area contributed by atoms with Gasteiger partial charge < -0.3 is 10.6 Å². The fourth-order valence-corrected chi connectivity index (χ4v) is 3.49. The molecule has 1 heterocycles. The molecule has 4 heteroatoms. The smallest absolute Gasteiger partial charge is 0.223 e. The number of halogens is 1. The summed E-state index contributed by atoms with van der Waals surface area (Å²) in [6.45, 7) is 4.27. The molecular weight excluding hydrogens is 272 g/mol. The van der Waals surface area contributed by atoms with Crippen molar-refractivity contribution in [1.29, 1.82) is 0 Å². The number of unbranched alkanes of at least 4 members (excludes halogenated alkanes) is 1. The molecular formula is C16H31ClN2O. The zero-order valence-electron chi connectivity index (χ0n) is 12.8. The topological polar surface area (TPSA) is 41.1 Å². The Balaban J connectivity index is 0.00000200. The molecule has 1 amide bonds. The van der Waals surface area contributed by atoms with E-state index < -0.39 is 0 Å². The van der Waals surface area contributed by atoms with Gasteiger partial charge in [0.25, 0.3) is 0 Å². The summed E-state index contributed by atoms with van der Waals surface area (Å²) in [4.78, 5) is 12.2. The van der Waals surface area contributed by atoms with Crippen LogP contribution in [0.3, 0.4) is 0 Å². The van der Waals surface area contributed by atoms with E-state index in [4.69, 9.17) is 0 Å². The Morgan fingerprint density at radius 1 is 1.10 bits per heavy atom. The first-order valence-corrected chi connectivity index (χ1v) is 8.30. The second kappa shape index (κ2) is 9.62. The Hall–Kier alpha value is -0.280. The summed E-state index contributed by atoms with van der Waals surface area (Å²) in [5, 5.41) is 6.62. The largest absolute Gasteiger partial charge is 0.353 e. The van der Waals surface area contributed by atoms with E-state index in [1.54, 1.807) is 0 Å². The number of nitrogens with one attached hydrogen (secondary N) is 2. The summed E-state index contributed by atoms with van der Waals surface area (Å²) < 4.78 is 0. The first-order chi connectivity index (χ1) is 9.29. The van der Waals surface area contributed by atoms with Crippen molar-refractivity contribution in [1.82, 2.24) is 10.6 Å². The number of hydrogen-bond acceptors (Lipinski definition) is 2. The van der Waals surface area contributed by atoms with Crippen molar-refractivity contribution < 1.29 is 4.79 Å². The molecule has 0 aromatic rings. The number of piperidine rings is 1. The first-order valence-electron chi connectivity index (χ1n) is 8.30. The first kappa shape index (κ1) is 17.8. The minimum Gasteiger partial charge on any atom is -0.353 e. The predicted molar refractivity (Wildman–Crippen MR) is 86.3 cm³/mol. The van der Waals surface area contributed by atoms with Crippen LogP contribution in [-0.2, 0) is 4.79 Å². The summed E-state index contributed by atoms with van der Waals surface area (Å²) in [6, 6.07) is 0.459. The number of amides is 1. The van der Waals surface area contributed by atoms with Gasteiger partial charge in [0.2, 0.25) is 5.91 Å². The maximum atomic E-state index is 12.2. The maximum absolute atomic E-state index is 12.2. The Bertz CT molecular complexity index is 272. The molecule has 0 atom stereocenters. The van der Waals surface area contributed by atoms with Crippen LogP contribution in [0.15, 0.2) is 0 Å². The third-order valence-electron chi connectivity index (χ3n) is 4.87. The molecule has 1 saturated heterocycles. The Labute approximate surface area is 130 Å². The van der Waals surface area contributed by atoms with Crippen molar-refractivity contribution in [2.24, 2.45) is 11.8 Å². The summed E-state index contributed by atoms with van der Waals surface area (Å²) in [5.74, 6) is 1.50. The summed E-state index contributed by atoms with van der Waals surface area (Å²) in [5.41, 5.74) is 0. The van der Waals surface area contributed by atoms with Crippen LogP contribution in [0.2, 0.25) is 0 Å². The quantitative estimate of drug-likeness (QED) is 0.818. The molecule has 0 radical (unpaired) electrons. The lowest BCUT2D eigenvalue weighted by Gasteiger charge is -2.31. The van der Waals surface area contributed by atoms with Gasteiger partial charge in [0, 0.05) is 12.0 Å². The van der Waals surface area contributed by atoms with E-state index in [9.17, 15) is 4.79 Å². The molecule has 2 rings (SSSR count).